The summed E-state index contributed by atoms with van der Waals surface area (Å²) < 4.78 is 17.4. The van der Waals surface area contributed by atoms with Crippen LogP contribution < -0.4 is 19.1 Å². The molecule has 1 atom stereocenters. The molecule has 200 valence electrons. The molecule has 1 fully saturated rings. The molecule has 4 aromatic rings. The second-order valence-electron chi connectivity index (χ2n) is 9.16. The number of hydrogen-bond donors (Lipinski definition) is 1. The molecule has 2 heterocycles. The van der Waals surface area contributed by atoms with Gasteiger partial charge in [-0.2, -0.15) is 0 Å². The molecule has 0 spiro atoms. The number of aromatic nitrogens is 1. The Morgan fingerprint density at radius 3 is 2.51 bits per heavy atom. The Balaban J connectivity index is 1.75. The van der Waals surface area contributed by atoms with Gasteiger partial charge < -0.3 is 19.3 Å². The molecule has 0 saturated carbocycles. The number of rotatable bonds is 7. The summed E-state index contributed by atoms with van der Waals surface area (Å²) in [5.41, 5.74) is 3.39. The highest BCUT2D eigenvalue weighted by molar-refractivity contribution is 7.22. The molecule has 1 unspecified atom stereocenters. The van der Waals surface area contributed by atoms with Crippen molar-refractivity contribution in [1.29, 1.82) is 0 Å². The first-order valence-electron chi connectivity index (χ1n) is 12.4. The van der Waals surface area contributed by atoms with Crippen molar-refractivity contribution in [2.24, 2.45) is 0 Å². The van der Waals surface area contributed by atoms with Crippen molar-refractivity contribution in [2.75, 3.05) is 25.7 Å². The second kappa shape index (κ2) is 10.4. The number of benzene rings is 3. The number of anilines is 1. The summed E-state index contributed by atoms with van der Waals surface area (Å²) in [7, 11) is 3.10. The third kappa shape index (κ3) is 4.59. The summed E-state index contributed by atoms with van der Waals surface area (Å²) >= 11 is 1.27. The average molecular weight is 545 g/mol. The molecule has 5 rings (SSSR count). The Labute approximate surface area is 230 Å². The number of carbonyl (C=O) groups is 2. The molecule has 8 nitrogen and oxygen atoms in total. The number of Topliss-reactive ketones (excluding diaryl/α,β-unsaturated/α-hetero) is 1. The molecule has 0 bridgehead atoms. The molecule has 39 heavy (non-hydrogen) atoms. The lowest BCUT2D eigenvalue weighted by atomic mass is 9.93. The predicted molar refractivity (Wildman–Crippen MR) is 151 cm³/mol. The molecule has 9 heteroatoms. The number of ketones is 1. The lowest BCUT2D eigenvalue weighted by Crippen LogP contribution is -2.29. The quantitative estimate of drug-likeness (QED) is 0.174. The van der Waals surface area contributed by atoms with E-state index in [1.807, 2.05) is 39.0 Å². The van der Waals surface area contributed by atoms with Crippen molar-refractivity contribution >= 4 is 44.1 Å². The summed E-state index contributed by atoms with van der Waals surface area (Å²) in [5, 5.41) is 11.9. The predicted octanol–water partition coefficient (Wildman–Crippen LogP) is 5.96. The largest absolute Gasteiger partial charge is 0.507 e. The van der Waals surface area contributed by atoms with Gasteiger partial charge in [-0.15, -0.1) is 0 Å². The van der Waals surface area contributed by atoms with Crippen LogP contribution in [0, 0.1) is 13.8 Å². The molecular weight excluding hydrogens is 516 g/mol. The first kappa shape index (κ1) is 26.2. The standard InChI is InChI=1S/C30H28N2O6S/c1-6-38-22-12-9-18(14-23(22)37-5)26-25(27(33)20-13-16(2)7-8-17(20)3)28(34)29(35)32(26)30-31-21-11-10-19(36-4)15-24(21)39-30/h7-15,26,33H,6H2,1-5H3/b27-25+. The maximum atomic E-state index is 13.6. The van der Waals surface area contributed by atoms with Gasteiger partial charge in [-0.3, -0.25) is 14.5 Å². The zero-order valence-electron chi connectivity index (χ0n) is 22.3. The minimum atomic E-state index is -0.947. The monoisotopic (exact) mass is 544 g/mol. The summed E-state index contributed by atoms with van der Waals surface area (Å²) in [6.07, 6.45) is 0. The number of nitrogens with zero attached hydrogens (tertiary/aromatic N) is 2. The maximum absolute atomic E-state index is 13.6. The fourth-order valence-electron chi connectivity index (χ4n) is 4.73. The fraction of sp³-hybridized carbons (Fsp3) is 0.233. The third-order valence-corrected chi connectivity index (χ3v) is 7.70. The summed E-state index contributed by atoms with van der Waals surface area (Å²) in [5.74, 6) is -0.169. The van der Waals surface area contributed by atoms with Gasteiger partial charge in [0.15, 0.2) is 16.6 Å². The van der Waals surface area contributed by atoms with Crippen LogP contribution in [0.1, 0.15) is 35.2 Å². The van der Waals surface area contributed by atoms with Crippen LogP contribution in [0.2, 0.25) is 0 Å². The van der Waals surface area contributed by atoms with Crippen LogP contribution in [0.5, 0.6) is 17.2 Å². The molecule has 1 aromatic heterocycles. The fourth-order valence-corrected chi connectivity index (χ4v) is 5.75. The first-order valence-corrected chi connectivity index (χ1v) is 13.2. The SMILES string of the molecule is CCOc1ccc(C2/C(=C(\O)c3cc(C)ccc3C)C(=O)C(=O)N2c2nc3ccc(OC)cc3s2)cc1OC. The highest BCUT2D eigenvalue weighted by Crippen LogP contribution is 2.46. The van der Waals surface area contributed by atoms with Crippen molar-refractivity contribution in [2.45, 2.75) is 26.8 Å². The summed E-state index contributed by atoms with van der Waals surface area (Å²) in [4.78, 5) is 33.3. The van der Waals surface area contributed by atoms with E-state index in [4.69, 9.17) is 14.2 Å². The maximum Gasteiger partial charge on any atom is 0.301 e. The van der Waals surface area contributed by atoms with Gasteiger partial charge in [-0.1, -0.05) is 35.1 Å². The highest BCUT2D eigenvalue weighted by atomic mass is 32.1. The lowest BCUT2D eigenvalue weighted by Gasteiger charge is -2.24. The van der Waals surface area contributed by atoms with Crippen LogP contribution in [-0.2, 0) is 9.59 Å². The van der Waals surface area contributed by atoms with Crippen molar-refractivity contribution in [1.82, 2.24) is 4.98 Å². The van der Waals surface area contributed by atoms with Gasteiger partial charge in [-0.25, -0.2) is 4.98 Å². The highest BCUT2D eigenvalue weighted by Gasteiger charge is 2.48. The van der Waals surface area contributed by atoms with Crippen LogP contribution in [0.4, 0.5) is 5.13 Å². The molecule has 1 aliphatic heterocycles. The number of ether oxygens (including phenoxy) is 3. The number of methoxy groups -OCH3 is 2. The minimum absolute atomic E-state index is 0.0169. The van der Waals surface area contributed by atoms with E-state index in [1.54, 1.807) is 43.5 Å². The summed E-state index contributed by atoms with van der Waals surface area (Å²) in [6.45, 7) is 6.06. The Bertz CT molecular complexity index is 1640. The van der Waals surface area contributed by atoms with Gasteiger partial charge in [-0.05, 0) is 68.3 Å². The van der Waals surface area contributed by atoms with Gasteiger partial charge in [0.2, 0.25) is 0 Å². The van der Waals surface area contributed by atoms with E-state index in [1.165, 1.54) is 23.3 Å². The minimum Gasteiger partial charge on any atom is -0.507 e. The van der Waals surface area contributed by atoms with Crippen LogP contribution in [0.15, 0.2) is 60.2 Å². The molecular formula is C30H28N2O6S. The van der Waals surface area contributed by atoms with Crippen LogP contribution in [-0.4, -0.2) is 42.6 Å². The number of thiazole rings is 1. The first-order chi connectivity index (χ1) is 18.8. The van der Waals surface area contributed by atoms with Crippen molar-refractivity contribution in [3.05, 3.63) is 82.4 Å². The Morgan fingerprint density at radius 2 is 1.79 bits per heavy atom. The van der Waals surface area contributed by atoms with E-state index in [9.17, 15) is 14.7 Å². The topological polar surface area (TPSA) is 98.2 Å². The molecule has 1 N–H and O–H groups in total. The van der Waals surface area contributed by atoms with E-state index in [-0.39, 0.29) is 11.3 Å². The Morgan fingerprint density at radius 1 is 1.00 bits per heavy atom. The Kier molecular flexibility index (Phi) is 7.01. The van der Waals surface area contributed by atoms with E-state index in [0.29, 0.717) is 45.6 Å². The average Bonchev–Trinajstić information content (AvgIpc) is 3.47. The van der Waals surface area contributed by atoms with E-state index in [0.717, 1.165) is 15.8 Å². The Hall–Kier alpha value is -4.37. The number of amides is 1. The number of carbonyl (C=O) groups excluding carboxylic acids is 2. The van der Waals surface area contributed by atoms with Crippen molar-refractivity contribution in [3.63, 3.8) is 0 Å². The number of aliphatic hydroxyl groups excluding tert-OH is 1. The van der Waals surface area contributed by atoms with Crippen LogP contribution >= 0.6 is 11.3 Å². The van der Waals surface area contributed by atoms with Crippen molar-refractivity contribution < 1.29 is 28.9 Å². The second-order valence-corrected chi connectivity index (χ2v) is 10.2. The lowest BCUT2D eigenvalue weighted by molar-refractivity contribution is -0.132. The van der Waals surface area contributed by atoms with Gasteiger partial charge in [0.1, 0.15) is 11.5 Å². The van der Waals surface area contributed by atoms with E-state index < -0.39 is 17.7 Å². The smallest absolute Gasteiger partial charge is 0.301 e. The molecule has 0 radical (unpaired) electrons. The molecule has 0 aliphatic carbocycles. The number of aliphatic hydroxyl groups is 1. The van der Waals surface area contributed by atoms with Crippen LogP contribution in [0.25, 0.3) is 16.0 Å². The number of aryl methyl sites for hydroxylation is 2. The molecule has 1 amide bonds. The third-order valence-electron chi connectivity index (χ3n) is 6.69. The van der Waals surface area contributed by atoms with Gasteiger partial charge in [0, 0.05) is 5.56 Å². The van der Waals surface area contributed by atoms with Crippen LogP contribution in [0.3, 0.4) is 0 Å². The van der Waals surface area contributed by atoms with Gasteiger partial charge in [0.05, 0.1) is 42.7 Å². The summed E-state index contributed by atoms with van der Waals surface area (Å²) in [6, 6.07) is 15.3. The molecule has 1 aliphatic rings. The number of fused-ring (bicyclic) bond motifs is 1. The number of hydrogen-bond acceptors (Lipinski definition) is 8. The molecule has 3 aromatic carbocycles. The van der Waals surface area contributed by atoms with E-state index in [2.05, 4.69) is 4.98 Å². The van der Waals surface area contributed by atoms with Gasteiger partial charge >= 0.3 is 5.91 Å². The molecule has 1 saturated heterocycles. The van der Waals surface area contributed by atoms with Gasteiger partial charge in [0.25, 0.3) is 5.78 Å². The zero-order valence-corrected chi connectivity index (χ0v) is 23.1. The normalized spacial score (nSPS) is 16.6. The van der Waals surface area contributed by atoms with E-state index >= 15 is 0 Å². The zero-order chi connectivity index (χ0) is 27.8. The van der Waals surface area contributed by atoms with Crippen molar-refractivity contribution in [3.8, 4) is 17.2 Å².